The molecule has 1 aliphatic heterocycles. The van der Waals surface area contributed by atoms with Crippen LogP contribution in [0.4, 0.5) is 0 Å². The molecular formula is C25H44N4O. The van der Waals surface area contributed by atoms with Crippen molar-refractivity contribution in [2.45, 2.75) is 71.8 Å². The summed E-state index contributed by atoms with van der Waals surface area (Å²) < 4.78 is 5.70. The first-order valence-electron chi connectivity index (χ1n) is 12.0. The molecule has 1 atom stereocenters. The number of nitrogens with one attached hydrogen (secondary N) is 2. The van der Waals surface area contributed by atoms with Gasteiger partial charge in [-0.2, -0.15) is 0 Å². The van der Waals surface area contributed by atoms with Gasteiger partial charge in [-0.3, -0.25) is 4.99 Å². The van der Waals surface area contributed by atoms with Crippen molar-refractivity contribution >= 4 is 5.96 Å². The van der Waals surface area contributed by atoms with Crippen LogP contribution in [-0.2, 0) is 10.2 Å². The lowest BCUT2D eigenvalue weighted by Crippen LogP contribution is -2.44. The van der Waals surface area contributed by atoms with E-state index in [0.29, 0.717) is 6.04 Å². The molecule has 1 aromatic carbocycles. The minimum atomic E-state index is 0.0674. The zero-order valence-electron chi connectivity index (χ0n) is 20.0. The van der Waals surface area contributed by atoms with Crippen LogP contribution in [0.1, 0.15) is 64.5 Å². The predicted molar refractivity (Wildman–Crippen MR) is 129 cm³/mol. The Bertz CT molecular complexity index is 636. The van der Waals surface area contributed by atoms with E-state index in [1.807, 2.05) is 0 Å². The van der Waals surface area contributed by atoms with Gasteiger partial charge in [0.2, 0.25) is 0 Å². The molecule has 2 N–H and O–H groups in total. The molecule has 1 aromatic rings. The maximum absolute atomic E-state index is 5.70. The average molecular weight is 417 g/mol. The molecule has 0 bridgehead atoms. The maximum Gasteiger partial charge on any atom is 0.191 e. The van der Waals surface area contributed by atoms with Gasteiger partial charge in [0.1, 0.15) is 0 Å². The number of guanidine groups is 1. The van der Waals surface area contributed by atoms with E-state index >= 15 is 0 Å². The summed E-state index contributed by atoms with van der Waals surface area (Å²) in [7, 11) is 0. The minimum Gasteiger partial charge on any atom is -0.381 e. The fourth-order valence-electron chi connectivity index (χ4n) is 4.46. The smallest absolute Gasteiger partial charge is 0.191 e. The standard InChI is InChI=1S/C25H44N4O/c1-6-26-24(28-22(5)13-11-17-29(7-2)8-3)27-20-25(15-18-30-19-16-25)23-14-10-9-12-21(23)4/h9-10,12,14,22H,6-8,11,13,15-20H2,1-5H3,(H2,26,27,28). The SMILES string of the molecule is CCNC(=NCC1(c2ccccc2C)CCOCC1)NC(C)CCCN(CC)CC. The molecular weight excluding hydrogens is 372 g/mol. The number of hydrogen-bond donors (Lipinski definition) is 2. The van der Waals surface area contributed by atoms with Crippen LogP contribution < -0.4 is 10.6 Å². The van der Waals surface area contributed by atoms with Gasteiger partial charge < -0.3 is 20.3 Å². The van der Waals surface area contributed by atoms with Crippen LogP contribution in [0, 0.1) is 6.92 Å². The lowest BCUT2D eigenvalue weighted by atomic mass is 9.72. The molecule has 1 heterocycles. The number of benzene rings is 1. The highest BCUT2D eigenvalue weighted by Gasteiger charge is 2.35. The third-order valence-electron chi connectivity index (χ3n) is 6.44. The molecule has 0 aliphatic carbocycles. The van der Waals surface area contributed by atoms with Gasteiger partial charge in [0.25, 0.3) is 0 Å². The first kappa shape index (κ1) is 24.7. The number of nitrogens with zero attached hydrogens (tertiary/aromatic N) is 2. The highest BCUT2D eigenvalue weighted by Crippen LogP contribution is 2.37. The zero-order chi connectivity index (χ0) is 21.8. The Balaban J connectivity index is 2.04. The van der Waals surface area contributed by atoms with Gasteiger partial charge in [0, 0.05) is 31.2 Å². The van der Waals surface area contributed by atoms with E-state index in [9.17, 15) is 0 Å². The van der Waals surface area contributed by atoms with E-state index in [1.165, 1.54) is 24.1 Å². The minimum absolute atomic E-state index is 0.0674. The third-order valence-corrected chi connectivity index (χ3v) is 6.44. The van der Waals surface area contributed by atoms with Gasteiger partial charge in [-0.15, -0.1) is 0 Å². The summed E-state index contributed by atoms with van der Waals surface area (Å²) in [5.74, 6) is 0.937. The fraction of sp³-hybridized carbons (Fsp3) is 0.720. The Morgan fingerprint density at radius 1 is 1.17 bits per heavy atom. The van der Waals surface area contributed by atoms with Crippen LogP contribution in [0.25, 0.3) is 0 Å². The van der Waals surface area contributed by atoms with Crippen molar-refractivity contribution < 1.29 is 4.74 Å². The van der Waals surface area contributed by atoms with Crippen molar-refractivity contribution in [3.05, 3.63) is 35.4 Å². The number of aryl methyl sites for hydroxylation is 1. The first-order valence-corrected chi connectivity index (χ1v) is 12.0. The van der Waals surface area contributed by atoms with Gasteiger partial charge in [0.05, 0.1) is 6.54 Å². The lowest BCUT2D eigenvalue weighted by molar-refractivity contribution is 0.0529. The lowest BCUT2D eigenvalue weighted by Gasteiger charge is -2.37. The summed E-state index contributed by atoms with van der Waals surface area (Å²) in [5, 5.41) is 7.09. The molecule has 0 aromatic heterocycles. The van der Waals surface area contributed by atoms with Crippen molar-refractivity contribution in [1.82, 2.24) is 15.5 Å². The Labute approximate surface area is 184 Å². The molecule has 1 saturated heterocycles. The normalized spacial score (nSPS) is 17.7. The van der Waals surface area contributed by atoms with Crippen LogP contribution in [0.5, 0.6) is 0 Å². The van der Waals surface area contributed by atoms with E-state index in [2.05, 4.69) is 74.4 Å². The van der Waals surface area contributed by atoms with E-state index < -0.39 is 0 Å². The van der Waals surface area contributed by atoms with Gasteiger partial charge in [-0.25, -0.2) is 0 Å². The van der Waals surface area contributed by atoms with Crippen molar-refractivity contribution in [2.24, 2.45) is 4.99 Å². The second kappa shape index (κ2) is 13.0. The number of hydrogen-bond acceptors (Lipinski definition) is 3. The summed E-state index contributed by atoms with van der Waals surface area (Å²) in [6.07, 6.45) is 4.41. The highest BCUT2D eigenvalue weighted by atomic mass is 16.5. The van der Waals surface area contributed by atoms with Crippen LogP contribution in [0.2, 0.25) is 0 Å². The van der Waals surface area contributed by atoms with Gasteiger partial charge >= 0.3 is 0 Å². The maximum atomic E-state index is 5.70. The van der Waals surface area contributed by atoms with Crippen molar-refractivity contribution in [1.29, 1.82) is 0 Å². The molecule has 0 radical (unpaired) electrons. The van der Waals surface area contributed by atoms with Gasteiger partial charge in [0.15, 0.2) is 5.96 Å². The van der Waals surface area contributed by atoms with Crippen molar-refractivity contribution in [3.63, 3.8) is 0 Å². The summed E-state index contributed by atoms with van der Waals surface area (Å²) in [6.45, 7) is 17.8. The molecule has 1 unspecified atom stereocenters. The van der Waals surface area contributed by atoms with E-state index in [0.717, 1.165) is 64.6 Å². The molecule has 0 saturated carbocycles. The third kappa shape index (κ3) is 7.28. The number of ether oxygens (including phenoxy) is 1. The highest BCUT2D eigenvalue weighted by molar-refractivity contribution is 5.80. The molecule has 2 rings (SSSR count). The van der Waals surface area contributed by atoms with Crippen molar-refractivity contribution in [3.8, 4) is 0 Å². The molecule has 30 heavy (non-hydrogen) atoms. The van der Waals surface area contributed by atoms with Gasteiger partial charge in [-0.1, -0.05) is 38.1 Å². The second-order valence-electron chi connectivity index (χ2n) is 8.62. The average Bonchev–Trinajstić information content (AvgIpc) is 2.76. The summed E-state index contributed by atoms with van der Waals surface area (Å²) in [6, 6.07) is 9.19. The second-order valence-corrected chi connectivity index (χ2v) is 8.62. The molecule has 1 aliphatic rings. The monoisotopic (exact) mass is 416 g/mol. The Kier molecular flexibility index (Phi) is 10.7. The predicted octanol–water partition coefficient (Wildman–Crippen LogP) is 4.11. The summed E-state index contributed by atoms with van der Waals surface area (Å²) >= 11 is 0. The van der Waals surface area contributed by atoms with Gasteiger partial charge in [-0.05, 0) is 77.2 Å². The molecule has 5 nitrogen and oxygen atoms in total. The molecule has 0 amide bonds. The molecule has 0 spiro atoms. The zero-order valence-corrected chi connectivity index (χ0v) is 20.0. The Morgan fingerprint density at radius 3 is 2.50 bits per heavy atom. The number of rotatable bonds is 11. The molecule has 1 fully saturated rings. The first-order chi connectivity index (χ1) is 14.5. The fourth-order valence-corrected chi connectivity index (χ4v) is 4.46. The summed E-state index contributed by atoms with van der Waals surface area (Å²) in [5.41, 5.74) is 2.86. The topological polar surface area (TPSA) is 48.9 Å². The molecule has 5 heteroatoms. The van der Waals surface area contributed by atoms with Crippen LogP contribution in [-0.4, -0.2) is 62.8 Å². The Hall–Kier alpha value is -1.59. The Morgan fingerprint density at radius 2 is 1.87 bits per heavy atom. The van der Waals surface area contributed by atoms with E-state index in [-0.39, 0.29) is 5.41 Å². The quantitative estimate of drug-likeness (QED) is 0.421. The van der Waals surface area contributed by atoms with Crippen molar-refractivity contribution in [2.75, 3.05) is 45.9 Å². The number of aliphatic imine (C=N–C) groups is 1. The summed E-state index contributed by atoms with van der Waals surface area (Å²) in [4.78, 5) is 7.56. The van der Waals surface area contributed by atoms with Crippen LogP contribution in [0.15, 0.2) is 29.3 Å². The van der Waals surface area contributed by atoms with E-state index in [4.69, 9.17) is 9.73 Å². The largest absolute Gasteiger partial charge is 0.381 e. The van der Waals surface area contributed by atoms with Crippen LogP contribution in [0.3, 0.4) is 0 Å². The van der Waals surface area contributed by atoms with Crippen LogP contribution >= 0.6 is 0 Å². The molecule has 170 valence electrons. The van der Waals surface area contributed by atoms with E-state index in [1.54, 1.807) is 0 Å².